The zero-order valence-corrected chi connectivity index (χ0v) is 12.0. The van der Waals surface area contributed by atoms with Gasteiger partial charge in [-0.25, -0.2) is 0 Å². The molecule has 5 unspecified atom stereocenters. The fraction of sp³-hybridized carbons (Fsp3) is 1.00. The molecule has 0 aromatic rings. The van der Waals surface area contributed by atoms with Gasteiger partial charge in [0, 0.05) is 19.1 Å². The highest BCUT2D eigenvalue weighted by Gasteiger charge is 2.41. The third-order valence-electron chi connectivity index (χ3n) is 6.15. The van der Waals surface area contributed by atoms with Crippen LogP contribution in [0.1, 0.15) is 51.9 Å². The number of likely N-dealkylation sites (tertiary alicyclic amines) is 1. The Labute approximate surface area is 112 Å². The predicted octanol–water partition coefficient (Wildman–Crippen LogP) is 2.87. The van der Waals surface area contributed by atoms with Crippen LogP contribution in [0.15, 0.2) is 0 Å². The molecular formula is C16H30N2. The van der Waals surface area contributed by atoms with Crippen molar-refractivity contribution in [2.75, 3.05) is 19.6 Å². The average Bonchev–Trinajstić information content (AvgIpc) is 3.00. The van der Waals surface area contributed by atoms with Crippen LogP contribution in [0.2, 0.25) is 0 Å². The molecule has 1 heterocycles. The molecule has 18 heavy (non-hydrogen) atoms. The Bertz CT molecular complexity index is 278. The molecule has 0 aromatic carbocycles. The van der Waals surface area contributed by atoms with Crippen LogP contribution in [0, 0.1) is 23.7 Å². The third-order valence-corrected chi connectivity index (χ3v) is 6.15. The molecule has 2 heteroatoms. The molecule has 3 aliphatic rings. The lowest BCUT2D eigenvalue weighted by atomic mass is 9.84. The summed E-state index contributed by atoms with van der Waals surface area (Å²) in [5.41, 5.74) is 6.07. The van der Waals surface area contributed by atoms with Gasteiger partial charge in [0.15, 0.2) is 0 Å². The van der Waals surface area contributed by atoms with Gasteiger partial charge in [-0.1, -0.05) is 19.8 Å². The topological polar surface area (TPSA) is 29.3 Å². The Morgan fingerprint density at radius 1 is 1.11 bits per heavy atom. The van der Waals surface area contributed by atoms with Crippen LogP contribution >= 0.6 is 0 Å². The van der Waals surface area contributed by atoms with E-state index < -0.39 is 0 Å². The van der Waals surface area contributed by atoms with Crippen LogP contribution in [0.3, 0.4) is 0 Å². The normalized spacial score (nSPS) is 44.7. The lowest BCUT2D eigenvalue weighted by molar-refractivity contribution is 0.0682. The second-order valence-corrected chi connectivity index (χ2v) is 7.04. The maximum absolute atomic E-state index is 6.07. The molecule has 2 N–H and O–H groups in total. The summed E-state index contributed by atoms with van der Waals surface area (Å²) in [7, 11) is 0. The molecule has 2 saturated carbocycles. The van der Waals surface area contributed by atoms with Gasteiger partial charge in [-0.2, -0.15) is 0 Å². The molecule has 0 radical (unpaired) electrons. The van der Waals surface area contributed by atoms with E-state index in [9.17, 15) is 0 Å². The van der Waals surface area contributed by atoms with Gasteiger partial charge in [0.25, 0.3) is 0 Å². The molecule has 3 fully saturated rings. The van der Waals surface area contributed by atoms with E-state index in [-0.39, 0.29) is 0 Å². The molecule has 1 aliphatic heterocycles. The van der Waals surface area contributed by atoms with Crippen molar-refractivity contribution in [3.8, 4) is 0 Å². The largest absolute Gasteiger partial charge is 0.329 e. The van der Waals surface area contributed by atoms with Crippen molar-refractivity contribution >= 4 is 0 Å². The first-order chi connectivity index (χ1) is 8.81. The molecule has 0 amide bonds. The SMILES string of the molecule is CCC1CCCN(CC2CC3CCC2C3)C1CN. The van der Waals surface area contributed by atoms with Crippen molar-refractivity contribution < 1.29 is 0 Å². The van der Waals surface area contributed by atoms with Crippen LogP contribution in [0.4, 0.5) is 0 Å². The van der Waals surface area contributed by atoms with Gasteiger partial charge in [-0.3, -0.25) is 4.90 Å². The monoisotopic (exact) mass is 250 g/mol. The lowest BCUT2D eigenvalue weighted by Gasteiger charge is -2.43. The first-order valence-electron chi connectivity index (χ1n) is 8.26. The maximum Gasteiger partial charge on any atom is 0.0246 e. The van der Waals surface area contributed by atoms with Crippen molar-refractivity contribution in [3.63, 3.8) is 0 Å². The zero-order chi connectivity index (χ0) is 12.5. The summed E-state index contributed by atoms with van der Waals surface area (Å²) in [6, 6.07) is 0.683. The molecule has 2 aliphatic carbocycles. The third kappa shape index (κ3) is 2.34. The minimum atomic E-state index is 0.683. The summed E-state index contributed by atoms with van der Waals surface area (Å²) in [5, 5.41) is 0. The number of hydrogen-bond acceptors (Lipinski definition) is 2. The first kappa shape index (κ1) is 12.9. The number of hydrogen-bond donors (Lipinski definition) is 1. The van der Waals surface area contributed by atoms with Gasteiger partial charge in [-0.15, -0.1) is 0 Å². The van der Waals surface area contributed by atoms with Crippen LogP contribution < -0.4 is 5.73 Å². The van der Waals surface area contributed by atoms with E-state index in [0.29, 0.717) is 6.04 Å². The quantitative estimate of drug-likeness (QED) is 0.831. The van der Waals surface area contributed by atoms with Gasteiger partial charge in [-0.05, 0) is 62.3 Å². The summed E-state index contributed by atoms with van der Waals surface area (Å²) in [5.74, 6) is 4.02. The van der Waals surface area contributed by atoms with Gasteiger partial charge in [0.2, 0.25) is 0 Å². The zero-order valence-electron chi connectivity index (χ0n) is 12.0. The highest BCUT2D eigenvalue weighted by Crippen LogP contribution is 2.48. The Balaban J connectivity index is 1.60. The molecular weight excluding hydrogens is 220 g/mol. The summed E-state index contributed by atoms with van der Waals surface area (Å²) >= 11 is 0. The van der Waals surface area contributed by atoms with Crippen molar-refractivity contribution in [1.29, 1.82) is 0 Å². The molecule has 0 aromatic heterocycles. The first-order valence-corrected chi connectivity index (χ1v) is 8.26. The van der Waals surface area contributed by atoms with Gasteiger partial charge >= 0.3 is 0 Å². The van der Waals surface area contributed by atoms with E-state index >= 15 is 0 Å². The van der Waals surface area contributed by atoms with Gasteiger partial charge in [0.1, 0.15) is 0 Å². The smallest absolute Gasteiger partial charge is 0.0246 e. The maximum atomic E-state index is 6.07. The number of nitrogens with zero attached hydrogens (tertiary/aromatic N) is 1. The standard InChI is InChI=1S/C16H30N2/c1-2-13-4-3-7-18(16(13)10-17)11-15-9-12-5-6-14(15)8-12/h12-16H,2-11,17H2,1H3. The number of rotatable bonds is 4. The van der Waals surface area contributed by atoms with E-state index in [2.05, 4.69) is 11.8 Å². The molecule has 0 spiro atoms. The summed E-state index contributed by atoms with van der Waals surface area (Å²) in [4.78, 5) is 2.77. The number of nitrogens with two attached hydrogens (primary N) is 1. The predicted molar refractivity (Wildman–Crippen MR) is 76.4 cm³/mol. The van der Waals surface area contributed by atoms with Crippen LogP contribution in [-0.2, 0) is 0 Å². The summed E-state index contributed by atoms with van der Waals surface area (Å²) < 4.78 is 0. The fourth-order valence-corrected chi connectivity index (χ4v) is 5.16. The summed E-state index contributed by atoms with van der Waals surface area (Å²) in [6.45, 7) is 5.89. The minimum Gasteiger partial charge on any atom is -0.329 e. The average molecular weight is 250 g/mol. The van der Waals surface area contributed by atoms with Crippen LogP contribution in [0.5, 0.6) is 0 Å². The van der Waals surface area contributed by atoms with Gasteiger partial charge in [0.05, 0.1) is 0 Å². The van der Waals surface area contributed by atoms with Crippen molar-refractivity contribution in [2.24, 2.45) is 29.4 Å². The molecule has 3 rings (SSSR count). The Hall–Kier alpha value is -0.0800. The molecule has 2 bridgehead atoms. The second kappa shape index (κ2) is 5.50. The van der Waals surface area contributed by atoms with E-state index in [4.69, 9.17) is 5.73 Å². The van der Waals surface area contributed by atoms with E-state index in [1.807, 2.05) is 0 Å². The fourth-order valence-electron chi connectivity index (χ4n) is 5.16. The Kier molecular flexibility index (Phi) is 3.95. The van der Waals surface area contributed by atoms with Crippen molar-refractivity contribution in [2.45, 2.75) is 57.9 Å². The highest BCUT2D eigenvalue weighted by molar-refractivity contribution is 4.93. The van der Waals surface area contributed by atoms with Crippen LogP contribution in [0.25, 0.3) is 0 Å². The van der Waals surface area contributed by atoms with Crippen molar-refractivity contribution in [3.05, 3.63) is 0 Å². The van der Waals surface area contributed by atoms with E-state index in [0.717, 1.165) is 30.2 Å². The van der Waals surface area contributed by atoms with Gasteiger partial charge < -0.3 is 5.73 Å². The van der Waals surface area contributed by atoms with Crippen LogP contribution in [-0.4, -0.2) is 30.6 Å². The van der Waals surface area contributed by atoms with Crippen molar-refractivity contribution in [1.82, 2.24) is 4.90 Å². The Morgan fingerprint density at radius 3 is 2.61 bits per heavy atom. The molecule has 2 nitrogen and oxygen atoms in total. The molecule has 1 saturated heterocycles. The summed E-state index contributed by atoms with van der Waals surface area (Å²) in [6.07, 6.45) is 10.2. The molecule has 5 atom stereocenters. The minimum absolute atomic E-state index is 0.683. The lowest BCUT2D eigenvalue weighted by Crippen LogP contribution is -2.51. The highest BCUT2D eigenvalue weighted by atomic mass is 15.2. The van der Waals surface area contributed by atoms with E-state index in [1.165, 1.54) is 51.6 Å². The number of piperidine rings is 1. The molecule has 104 valence electrons. The Morgan fingerprint density at radius 2 is 2.00 bits per heavy atom. The second-order valence-electron chi connectivity index (χ2n) is 7.04. The number of fused-ring (bicyclic) bond motifs is 2. The van der Waals surface area contributed by atoms with E-state index in [1.54, 1.807) is 6.42 Å².